The number of benzene rings is 3. The number of fused-ring (bicyclic) bond motifs is 1. The average Bonchev–Trinajstić information content (AvgIpc) is 3.32. The number of aryl methyl sites for hydroxylation is 2. The minimum Gasteiger partial charge on any atom is -0.493 e. The largest absolute Gasteiger partial charge is 0.493 e. The highest BCUT2D eigenvalue weighted by Crippen LogP contribution is 2.42. The molecule has 0 aromatic heterocycles. The molecule has 2 aliphatic rings. The van der Waals surface area contributed by atoms with Gasteiger partial charge in [0.2, 0.25) is 5.91 Å². The number of carbonyl (C=O) groups excluding carboxylic acids is 1. The highest BCUT2D eigenvalue weighted by Gasteiger charge is 2.28. The number of nitrogens with one attached hydrogen (secondary N) is 2. The van der Waals surface area contributed by atoms with Gasteiger partial charge in [0, 0.05) is 25.0 Å². The van der Waals surface area contributed by atoms with Crippen molar-refractivity contribution in [2.45, 2.75) is 78.0 Å². The van der Waals surface area contributed by atoms with E-state index in [-0.39, 0.29) is 18.1 Å². The van der Waals surface area contributed by atoms with Crippen LogP contribution in [0, 0.1) is 13.8 Å². The lowest BCUT2D eigenvalue weighted by atomic mass is 9.90. The minimum atomic E-state index is -0.737. The molecule has 0 radical (unpaired) electrons. The van der Waals surface area contributed by atoms with Crippen molar-refractivity contribution in [2.24, 2.45) is 0 Å². The number of carbonyl (C=O) groups is 1. The first-order valence-electron chi connectivity index (χ1n) is 14.2. The zero-order chi connectivity index (χ0) is 29.6. The molecule has 3 aromatic carbocycles. The SMILES string of the molecule is C=CC.Cc1cc(OCCC(C)(C)O)cc(C)c1-c1cccc2c1CCC2Oc1ccc(C2CC(=O)NSN2)cc1. The van der Waals surface area contributed by atoms with Crippen molar-refractivity contribution in [1.29, 1.82) is 0 Å². The van der Waals surface area contributed by atoms with Gasteiger partial charge in [-0.1, -0.05) is 36.4 Å². The molecule has 2 atom stereocenters. The number of hydrogen-bond donors (Lipinski definition) is 3. The lowest BCUT2D eigenvalue weighted by molar-refractivity contribution is -0.120. The Balaban J connectivity index is 0.00000124. The first-order chi connectivity index (χ1) is 19.6. The van der Waals surface area contributed by atoms with Crippen molar-refractivity contribution in [3.8, 4) is 22.6 Å². The highest BCUT2D eigenvalue weighted by atomic mass is 32.2. The molecule has 3 aromatic rings. The zero-order valence-corrected chi connectivity index (χ0v) is 25.6. The second-order valence-electron chi connectivity index (χ2n) is 11.3. The molecule has 218 valence electrons. The Bertz CT molecular complexity index is 1340. The monoisotopic (exact) mass is 574 g/mol. The molecule has 5 rings (SSSR count). The molecule has 41 heavy (non-hydrogen) atoms. The Kier molecular flexibility index (Phi) is 10.2. The van der Waals surface area contributed by atoms with Crippen LogP contribution < -0.4 is 18.9 Å². The van der Waals surface area contributed by atoms with Gasteiger partial charge in [-0.25, -0.2) is 4.72 Å². The van der Waals surface area contributed by atoms with Gasteiger partial charge in [0.1, 0.15) is 17.6 Å². The van der Waals surface area contributed by atoms with E-state index in [1.807, 2.05) is 31.2 Å². The molecule has 1 aliphatic carbocycles. The number of ether oxygens (including phenoxy) is 2. The summed E-state index contributed by atoms with van der Waals surface area (Å²) in [5, 5.41) is 9.97. The van der Waals surface area contributed by atoms with E-state index in [0.29, 0.717) is 19.4 Å². The number of amides is 1. The van der Waals surface area contributed by atoms with Gasteiger partial charge in [-0.05, 0) is 111 Å². The van der Waals surface area contributed by atoms with Gasteiger partial charge < -0.3 is 14.6 Å². The van der Waals surface area contributed by atoms with Gasteiger partial charge in [0.05, 0.1) is 18.2 Å². The second kappa shape index (κ2) is 13.6. The van der Waals surface area contributed by atoms with Gasteiger partial charge in [0.25, 0.3) is 0 Å². The van der Waals surface area contributed by atoms with Crippen LogP contribution in [0.3, 0.4) is 0 Å². The maximum atomic E-state index is 11.7. The number of allylic oxidation sites excluding steroid dienone is 1. The molecular weight excluding hydrogens is 532 g/mol. The van der Waals surface area contributed by atoms with E-state index in [1.165, 1.54) is 45.5 Å². The van der Waals surface area contributed by atoms with Crippen LogP contribution in [-0.4, -0.2) is 23.2 Å². The Hall–Kier alpha value is -3.26. The molecule has 1 aliphatic heterocycles. The van der Waals surface area contributed by atoms with Gasteiger partial charge in [0.15, 0.2) is 0 Å². The predicted molar refractivity (Wildman–Crippen MR) is 168 cm³/mol. The first-order valence-corrected chi connectivity index (χ1v) is 15.0. The molecule has 2 unspecified atom stereocenters. The van der Waals surface area contributed by atoms with Crippen molar-refractivity contribution >= 4 is 18.0 Å². The summed E-state index contributed by atoms with van der Waals surface area (Å²) in [4.78, 5) is 11.7. The maximum absolute atomic E-state index is 11.7. The van der Waals surface area contributed by atoms with Crippen molar-refractivity contribution in [2.75, 3.05) is 6.61 Å². The first kappa shape index (κ1) is 30.7. The third-order valence-electron chi connectivity index (χ3n) is 7.29. The van der Waals surface area contributed by atoms with Crippen LogP contribution in [0.1, 0.15) is 80.0 Å². The van der Waals surface area contributed by atoms with Crippen molar-refractivity contribution in [3.05, 3.63) is 95.1 Å². The van der Waals surface area contributed by atoms with Crippen molar-refractivity contribution < 1.29 is 19.4 Å². The Labute approximate surface area is 248 Å². The topological polar surface area (TPSA) is 79.8 Å². The third-order valence-corrected chi connectivity index (χ3v) is 8.02. The van der Waals surface area contributed by atoms with Crippen LogP contribution in [0.15, 0.2) is 67.3 Å². The van der Waals surface area contributed by atoms with Crippen LogP contribution in [-0.2, 0) is 11.2 Å². The van der Waals surface area contributed by atoms with Crippen molar-refractivity contribution in [3.63, 3.8) is 0 Å². The number of rotatable bonds is 8. The average molecular weight is 575 g/mol. The van der Waals surface area contributed by atoms with E-state index >= 15 is 0 Å². The minimum absolute atomic E-state index is 0.00218. The second-order valence-corrected chi connectivity index (χ2v) is 12.0. The zero-order valence-electron chi connectivity index (χ0n) is 24.8. The molecule has 6 nitrogen and oxygen atoms in total. The van der Waals surface area contributed by atoms with Crippen LogP contribution >= 0.6 is 12.1 Å². The van der Waals surface area contributed by atoms with Gasteiger partial charge in [-0.15, -0.1) is 6.58 Å². The smallest absolute Gasteiger partial charge is 0.232 e. The summed E-state index contributed by atoms with van der Waals surface area (Å²) in [6.07, 6.45) is 4.67. The Morgan fingerprint density at radius 1 is 1.10 bits per heavy atom. The molecule has 1 fully saturated rings. The molecular formula is C34H42N2O4S. The molecule has 1 heterocycles. The van der Waals surface area contributed by atoms with E-state index < -0.39 is 5.60 Å². The van der Waals surface area contributed by atoms with Crippen LogP contribution in [0.2, 0.25) is 0 Å². The molecule has 3 N–H and O–H groups in total. The van der Waals surface area contributed by atoms with Crippen molar-refractivity contribution in [1.82, 2.24) is 9.44 Å². The summed E-state index contributed by atoms with van der Waals surface area (Å²) < 4.78 is 18.4. The van der Waals surface area contributed by atoms with E-state index in [0.717, 1.165) is 29.9 Å². The standard InChI is InChI=1S/C31H36N2O4S.C3H6/c1-19-16-23(36-15-14-31(3,4)35)17-20(2)30(19)26-7-5-6-25-24(26)12-13-28(25)37-22-10-8-21(9-11-22)27-18-29(34)33-38-32-27;1-3-2/h5-11,16-17,27-28,32,35H,12-15,18H2,1-4H3,(H,33,34);3H,1H2,2H3. The third kappa shape index (κ3) is 7.94. The Morgan fingerprint density at radius 2 is 1.78 bits per heavy atom. The fraction of sp³-hybridized carbons (Fsp3) is 0.382. The van der Waals surface area contributed by atoms with Crippen LogP contribution in [0.4, 0.5) is 0 Å². The molecule has 0 saturated carbocycles. The van der Waals surface area contributed by atoms with Gasteiger partial charge >= 0.3 is 0 Å². The van der Waals surface area contributed by atoms with Gasteiger partial charge in [-0.3, -0.25) is 9.52 Å². The molecule has 0 spiro atoms. The van der Waals surface area contributed by atoms with E-state index in [9.17, 15) is 9.90 Å². The summed E-state index contributed by atoms with van der Waals surface area (Å²) in [6.45, 7) is 13.6. The predicted octanol–water partition coefficient (Wildman–Crippen LogP) is 7.48. The highest BCUT2D eigenvalue weighted by molar-refractivity contribution is 7.96. The molecule has 0 bridgehead atoms. The summed E-state index contributed by atoms with van der Waals surface area (Å²) in [5.41, 5.74) is 7.82. The number of hydrogen-bond acceptors (Lipinski definition) is 6. The van der Waals surface area contributed by atoms with Crippen LogP contribution in [0.25, 0.3) is 11.1 Å². The van der Waals surface area contributed by atoms with E-state index in [4.69, 9.17) is 9.47 Å². The molecule has 7 heteroatoms. The quantitative estimate of drug-likeness (QED) is 0.191. The van der Waals surface area contributed by atoms with E-state index in [2.05, 4.69) is 60.2 Å². The Morgan fingerprint density at radius 3 is 2.41 bits per heavy atom. The summed E-state index contributed by atoms with van der Waals surface area (Å²) in [5.74, 6) is 1.72. The van der Waals surface area contributed by atoms with Gasteiger partial charge in [-0.2, -0.15) is 0 Å². The lowest BCUT2D eigenvalue weighted by Gasteiger charge is -2.23. The summed E-state index contributed by atoms with van der Waals surface area (Å²) >= 11 is 1.24. The van der Waals surface area contributed by atoms with E-state index in [1.54, 1.807) is 19.9 Å². The lowest BCUT2D eigenvalue weighted by Crippen LogP contribution is -2.33. The number of aliphatic hydroxyl groups is 1. The summed E-state index contributed by atoms with van der Waals surface area (Å²) in [7, 11) is 0. The molecule has 1 saturated heterocycles. The fourth-order valence-electron chi connectivity index (χ4n) is 5.38. The maximum Gasteiger partial charge on any atom is 0.232 e. The summed E-state index contributed by atoms with van der Waals surface area (Å²) in [6, 6.07) is 18.8. The fourth-order valence-corrected chi connectivity index (χ4v) is 6.00. The molecule has 1 amide bonds. The van der Waals surface area contributed by atoms with Crippen LogP contribution in [0.5, 0.6) is 11.5 Å². The normalized spacial score (nSPS) is 18.0.